The molecular formula is C31H30N2O3. The number of amides is 1. The fraction of sp³-hybridized carbons (Fsp3) is 0.258. The first kappa shape index (κ1) is 23.7. The van der Waals surface area contributed by atoms with Crippen LogP contribution in [0.15, 0.2) is 84.9 Å². The number of aromatic nitrogens is 1. The molecule has 1 aliphatic heterocycles. The molecule has 4 aromatic rings. The number of carbonyl (C=O) groups excluding carboxylic acids is 2. The molecule has 1 aromatic heterocycles. The van der Waals surface area contributed by atoms with Crippen molar-refractivity contribution in [3.63, 3.8) is 0 Å². The van der Waals surface area contributed by atoms with Gasteiger partial charge in [0.1, 0.15) is 0 Å². The molecule has 0 spiro atoms. The highest BCUT2D eigenvalue weighted by Gasteiger charge is 2.26. The molecule has 0 unspecified atom stereocenters. The molecule has 1 aliphatic rings. The molecule has 0 aliphatic carbocycles. The summed E-state index contributed by atoms with van der Waals surface area (Å²) in [7, 11) is 0. The largest absolute Gasteiger partial charge is 0.452 e. The number of nitrogens with zero attached hydrogens (tertiary/aromatic N) is 2. The van der Waals surface area contributed by atoms with E-state index < -0.39 is 5.97 Å². The summed E-state index contributed by atoms with van der Waals surface area (Å²) >= 11 is 0. The highest BCUT2D eigenvalue weighted by molar-refractivity contribution is 6.05. The number of likely N-dealkylation sites (tertiary alicyclic amines) is 1. The molecule has 1 saturated heterocycles. The van der Waals surface area contributed by atoms with Crippen LogP contribution in [0.3, 0.4) is 0 Å². The molecule has 1 fully saturated rings. The average molecular weight is 479 g/mol. The quantitative estimate of drug-likeness (QED) is 0.296. The third kappa shape index (κ3) is 5.01. The summed E-state index contributed by atoms with van der Waals surface area (Å²) in [6.07, 6.45) is 4.07. The normalized spacial score (nSPS) is 15.6. The van der Waals surface area contributed by atoms with Gasteiger partial charge in [0.2, 0.25) is 0 Å². The zero-order valence-corrected chi connectivity index (χ0v) is 20.5. The lowest BCUT2D eigenvalue weighted by Crippen LogP contribution is -2.45. The summed E-state index contributed by atoms with van der Waals surface area (Å²) in [6, 6.07) is 27.8. The SMILES string of the molecule is CC[C@@H]1CCCCN1C(=O)COC(=O)c1cc(-c2ccc(-c3ccccc3)cc2)nc2ccccc12. The van der Waals surface area contributed by atoms with Gasteiger partial charge in [0.15, 0.2) is 6.61 Å². The summed E-state index contributed by atoms with van der Waals surface area (Å²) in [4.78, 5) is 32.7. The van der Waals surface area contributed by atoms with Crippen molar-refractivity contribution in [1.82, 2.24) is 9.88 Å². The first-order chi connectivity index (χ1) is 17.6. The number of esters is 1. The van der Waals surface area contributed by atoms with Crippen LogP contribution >= 0.6 is 0 Å². The van der Waals surface area contributed by atoms with E-state index in [1.54, 1.807) is 6.07 Å². The van der Waals surface area contributed by atoms with Crippen LogP contribution in [-0.2, 0) is 9.53 Å². The number of ether oxygens (including phenoxy) is 1. The summed E-state index contributed by atoms with van der Waals surface area (Å²) < 4.78 is 5.55. The summed E-state index contributed by atoms with van der Waals surface area (Å²) in [6.45, 7) is 2.59. The topological polar surface area (TPSA) is 59.5 Å². The maximum atomic E-state index is 13.2. The fourth-order valence-corrected chi connectivity index (χ4v) is 5.00. The van der Waals surface area contributed by atoms with Gasteiger partial charge in [0.25, 0.3) is 5.91 Å². The third-order valence-electron chi connectivity index (χ3n) is 6.97. The summed E-state index contributed by atoms with van der Waals surface area (Å²) in [5, 5.41) is 0.712. The van der Waals surface area contributed by atoms with Crippen molar-refractivity contribution in [1.29, 1.82) is 0 Å². The second kappa shape index (κ2) is 10.7. The van der Waals surface area contributed by atoms with Crippen LogP contribution in [0.1, 0.15) is 43.0 Å². The van der Waals surface area contributed by atoms with Crippen LogP contribution in [0.4, 0.5) is 0 Å². The van der Waals surface area contributed by atoms with Gasteiger partial charge in [0, 0.05) is 23.5 Å². The van der Waals surface area contributed by atoms with E-state index in [0.29, 0.717) is 22.2 Å². The van der Waals surface area contributed by atoms with Crippen LogP contribution in [0.25, 0.3) is 33.3 Å². The Hall–Kier alpha value is -3.99. The summed E-state index contributed by atoms with van der Waals surface area (Å²) in [5.74, 6) is -0.626. The lowest BCUT2D eigenvalue weighted by atomic mass is 10.00. The minimum Gasteiger partial charge on any atom is -0.452 e. The van der Waals surface area contributed by atoms with Crippen molar-refractivity contribution in [2.45, 2.75) is 38.6 Å². The van der Waals surface area contributed by atoms with E-state index in [9.17, 15) is 9.59 Å². The van der Waals surface area contributed by atoms with Gasteiger partial charge in [-0.25, -0.2) is 9.78 Å². The number of piperidine rings is 1. The maximum Gasteiger partial charge on any atom is 0.339 e. The van der Waals surface area contributed by atoms with Crippen molar-refractivity contribution in [2.24, 2.45) is 0 Å². The highest BCUT2D eigenvalue weighted by Crippen LogP contribution is 2.28. The van der Waals surface area contributed by atoms with Crippen LogP contribution < -0.4 is 0 Å². The monoisotopic (exact) mass is 478 g/mol. The minimum atomic E-state index is -0.505. The molecule has 0 bridgehead atoms. The predicted octanol–water partition coefficient (Wildman–Crippen LogP) is 6.52. The number of carbonyl (C=O) groups is 2. The van der Waals surface area contributed by atoms with E-state index in [2.05, 4.69) is 31.2 Å². The molecular weight excluding hydrogens is 448 g/mol. The molecule has 0 radical (unpaired) electrons. The van der Waals surface area contributed by atoms with E-state index in [1.165, 1.54) is 0 Å². The van der Waals surface area contributed by atoms with E-state index in [0.717, 1.165) is 48.9 Å². The molecule has 1 atom stereocenters. The number of fused-ring (bicyclic) bond motifs is 1. The van der Waals surface area contributed by atoms with Crippen molar-refractivity contribution < 1.29 is 14.3 Å². The molecule has 36 heavy (non-hydrogen) atoms. The molecule has 182 valence electrons. The maximum absolute atomic E-state index is 13.2. The Morgan fingerprint density at radius 3 is 2.36 bits per heavy atom. The number of pyridine rings is 1. The van der Waals surface area contributed by atoms with Crippen molar-refractivity contribution in [3.8, 4) is 22.4 Å². The molecule has 1 amide bonds. The highest BCUT2D eigenvalue weighted by atomic mass is 16.5. The number of hydrogen-bond donors (Lipinski definition) is 0. The van der Waals surface area contributed by atoms with Gasteiger partial charge in [-0.15, -0.1) is 0 Å². The molecule has 5 rings (SSSR count). The van der Waals surface area contributed by atoms with Gasteiger partial charge >= 0.3 is 5.97 Å². The molecule has 5 heteroatoms. The Balaban J connectivity index is 1.39. The van der Waals surface area contributed by atoms with Crippen LogP contribution in [0, 0.1) is 0 Å². The Bertz CT molecular complexity index is 1370. The minimum absolute atomic E-state index is 0.120. The van der Waals surface area contributed by atoms with Crippen LogP contribution in [0.2, 0.25) is 0 Å². The van der Waals surface area contributed by atoms with E-state index in [1.807, 2.05) is 59.5 Å². The Kier molecular flexibility index (Phi) is 7.08. The van der Waals surface area contributed by atoms with Crippen molar-refractivity contribution in [2.75, 3.05) is 13.2 Å². The van der Waals surface area contributed by atoms with Gasteiger partial charge in [-0.1, -0.05) is 79.7 Å². The Morgan fingerprint density at radius 1 is 0.889 bits per heavy atom. The molecule has 2 heterocycles. The lowest BCUT2D eigenvalue weighted by Gasteiger charge is -2.35. The Morgan fingerprint density at radius 2 is 1.58 bits per heavy atom. The molecule has 0 N–H and O–H groups in total. The van der Waals surface area contributed by atoms with Crippen LogP contribution in [-0.4, -0.2) is 41.0 Å². The molecule has 0 saturated carbocycles. The van der Waals surface area contributed by atoms with E-state index in [-0.39, 0.29) is 18.6 Å². The zero-order valence-electron chi connectivity index (χ0n) is 20.5. The molecule has 5 nitrogen and oxygen atoms in total. The van der Waals surface area contributed by atoms with Gasteiger partial charge in [-0.2, -0.15) is 0 Å². The van der Waals surface area contributed by atoms with Crippen LogP contribution in [0.5, 0.6) is 0 Å². The van der Waals surface area contributed by atoms with Crippen molar-refractivity contribution >= 4 is 22.8 Å². The lowest BCUT2D eigenvalue weighted by molar-refractivity contribution is -0.138. The first-order valence-electron chi connectivity index (χ1n) is 12.7. The third-order valence-corrected chi connectivity index (χ3v) is 6.97. The number of benzene rings is 3. The second-order valence-electron chi connectivity index (χ2n) is 9.24. The van der Waals surface area contributed by atoms with E-state index >= 15 is 0 Å². The first-order valence-corrected chi connectivity index (χ1v) is 12.7. The van der Waals surface area contributed by atoms with Gasteiger partial charge in [0.05, 0.1) is 16.8 Å². The zero-order chi connectivity index (χ0) is 24.9. The molecule has 3 aromatic carbocycles. The number of hydrogen-bond acceptors (Lipinski definition) is 4. The smallest absolute Gasteiger partial charge is 0.339 e. The van der Waals surface area contributed by atoms with Crippen molar-refractivity contribution in [3.05, 3.63) is 90.5 Å². The average Bonchev–Trinajstić information content (AvgIpc) is 2.95. The number of para-hydroxylation sites is 1. The Labute approximate surface area is 211 Å². The van der Waals surface area contributed by atoms with Gasteiger partial charge < -0.3 is 9.64 Å². The predicted molar refractivity (Wildman–Crippen MR) is 143 cm³/mol. The van der Waals surface area contributed by atoms with E-state index in [4.69, 9.17) is 9.72 Å². The number of rotatable bonds is 6. The van der Waals surface area contributed by atoms with Gasteiger partial charge in [-0.05, 0) is 48.9 Å². The fourth-order valence-electron chi connectivity index (χ4n) is 5.00. The summed E-state index contributed by atoms with van der Waals surface area (Å²) in [5.41, 5.74) is 4.98. The second-order valence-corrected chi connectivity index (χ2v) is 9.24. The standard InChI is InChI=1S/C31H30N2O3/c1-2-25-12-8-9-19-33(25)30(34)21-36-31(35)27-20-29(32-28-14-7-6-13-26(27)28)24-17-15-23(16-18-24)22-10-4-3-5-11-22/h3-7,10-11,13-18,20,25H,2,8-9,12,19,21H2,1H3/t25-/m1/s1. The van der Waals surface area contributed by atoms with Gasteiger partial charge in [-0.3, -0.25) is 4.79 Å².